The van der Waals surface area contributed by atoms with Gasteiger partial charge in [0.25, 0.3) is 0 Å². The van der Waals surface area contributed by atoms with E-state index in [-0.39, 0.29) is 5.78 Å². The minimum absolute atomic E-state index is 0.0791. The molecule has 0 N–H and O–H groups in total. The first-order valence-electron chi connectivity index (χ1n) is 9.00. The number of fused-ring (bicyclic) bond motifs is 1. The molecule has 1 aliphatic rings. The van der Waals surface area contributed by atoms with Crippen LogP contribution in [0.15, 0.2) is 40.9 Å². The standard InChI is InChI=1S/C20H21BrN4O/c1-14-5-10-18-22-19(15-6-8-16(21)9-7-15)20(25(18)23-14)17(26)13-24-11-3-2-4-12-24/h5-10H,2-4,11-13H2,1H3. The number of aryl methyl sites for hydroxylation is 1. The zero-order valence-electron chi connectivity index (χ0n) is 14.8. The molecule has 0 bridgehead atoms. The zero-order valence-corrected chi connectivity index (χ0v) is 16.4. The van der Waals surface area contributed by atoms with E-state index in [1.807, 2.05) is 43.3 Å². The van der Waals surface area contributed by atoms with Crippen LogP contribution in [-0.4, -0.2) is 44.9 Å². The number of imidazole rings is 1. The minimum Gasteiger partial charge on any atom is -0.296 e. The van der Waals surface area contributed by atoms with Gasteiger partial charge in [0.1, 0.15) is 11.4 Å². The molecule has 5 nitrogen and oxygen atoms in total. The molecule has 134 valence electrons. The Morgan fingerprint density at radius 1 is 1.08 bits per heavy atom. The molecular weight excluding hydrogens is 392 g/mol. The summed E-state index contributed by atoms with van der Waals surface area (Å²) in [6, 6.07) is 11.7. The van der Waals surface area contributed by atoms with E-state index < -0.39 is 0 Å². The number of carbonyl (C=O) groups is 1. The van der Waals surface area contributed by atoms with E-state index in [0.717, 1.165) is 41.7 Å². The molecule has 0 aliphatic carbocycles. The number of hydrogen-bond acceptors (Lipinski definition) is 4. The summed E-state index contributed by atoms with van der Waals surface area (Å²) in [6.45, 7) is 4.33. The number of aromatic nitrogens is 3. The summed E-state index contributed by atoms with van der Waals surface area (Å²) >= 11 is 3.46. The van der Waals surface area contributed by atoms with Gasteiger partial charge in [-0.25, -0.2) is 9.50 Å². The van der Waals surface area contributed by atoms with Gasteiger partial charge in [0, 0.05) is 10.0 Å². The summed E-state index contributed by atoms with van der Waals surface area (Å²) in [6.07, 6.45) is 3.58. The minimum atomic E-state index is 0.0791. The van der Waals surface area contributed by atoms with Gasteiger partial charge in [-0.05, 0) is 57.1 Å². The highest BCUT2D eigenvalue weighted by Crippen LogP contribution is 2.26. The molecule has 1 aromatic carbocycles. The number of nitrogens with zero attached hydrogens (tertiary/aromatic N) is 4. The lowest BCUT2D eigenvalue weighted by atomic mass is 10.1. The summed E-state index contributed by atoms with van der Waals surface area (Å²) in [7, 11) is 0. The highest BCUT2D eigenvalue weighted by Gasteiger charge is 2.24. The van der Waals surface area contributed by atoms with Gasteiger partial charge in [-0.1, -0.05) is 34.5 Å². The molecule has 2 aromatic heterocycles. The Morgan fingerprint density at radius 3 is 2.54 bits per heavy atom. The van der Waals surface area contributed by atoms with Crippen LogP contribution in [-0.2, 0) is 0 Å². The fraction of sp³-hybridized carbons (Fsp3) is 0.350. The van der Waals surface area contributed by atoms with E-state index in [0.29, 0.717) is 23.6 Å². The van der Waals surface area contributed by atoms with Crippen LogP contribution in [0.2, 0.25) is 0 Å². The number of likely N-dealkylation sites (tertiary alicyclic amines) is 1. The Balaban J connectivity index is 1.79. The van der Waals surface area contributed by atoms with Crippen molar-refractivity contribution in [3.8, 4) is 11.3 Å². The van der Waals surface area contributed by atoms with Gasteiger partial charge in [-0.3, -0.25) is 9.69 Å². The highest BCUT2D eigenvalue weighted by atomic mass is 79.9. The predicted molar refractivity (Wildman–Crippen MR) is 105 cm³/mol. The Kier molecular flexibility index (Phi) is 4.87. The van der Waals surface area contributed by atoms with Crippen molar-refractivity contribution in [2.45, 2.75) is 26.2 Å². The van der Waals surface area contributed by atoms with E-state index in [1.54, 1.807) is 4.52 Å². The van der Waals surface area contributed by atoms with Gasteiger partial charge in [0.15, 0.2) is 11.4 Å². The number of benzene rings is 1. The maximum atomic E-state index is 13.2. The van der Waals surface area contributed by atoms with Crippen LogP contribution in [0.5, 0.6) is 0 Å². The lowest BCUT2D eigenvalue weighted by molar-refractivity contribution is 0.0909. The first kappa shape index (κ1) is 17.4. The van der Waals surface area contributed by atoms with Crippen LogP contribution in [0.1, 0.15) is 35.4 Å². The molecule has 26 heavy (non-hydrogen) atoms. The summed E-state index contributed by atoms with van der Waals surface area (Å²) in [5, 5.41) is 4.56. The van der Waals surface area contributed by atoms with Crippen LogP contribution in [0.25, 0.3) is 16.9 Å². The molecular formula is C20H21BrN4O. The van der Waals surface area contributed by atoms with Crippen LogP contribution in [0, 0.1) is 6.92 Å². The molecule has 0 unspecified atom stereocenters. The molecule has 0 radical (unpaired) electrons. The molecule has 1 fully saturated rings. The van der Waals surface area contributed by atoms with Gasteiger partial charge < -0.3 is 0 Å². The monoisotopic (exact) mass is 412 g/mol. The number of rotatable bonds is 4. The smallest absolute Gasteiger partial charge is 0.197 e. The second-order valence-corrected chi connectivity index (χ2v) is 7.74. The van der Waals surface area contributed by atoms with Gasteiger partial charge in [0.2, 0.25) is 0 Å². The second kappa shape index (κ2) is 7.29. The van der Waals surface area contributed by atoms with Crippen molar-refractivity contribution in [1.29, 1.82) is 0 Å². The van der Waals surface area contributed by atoms with E-state index >= 15 is 0 Å². The summed E-state index contributed by atoms with van der Waals surface area (Å²) in [5.41, 5.74) is 3.78. The molecule has 0 amide bonds. The summed E-state index contributed by atoms with van der Waals surface area (Å²) in [4.78, 5) is 20.2. The maximum absolute atomic E-state index is 13.2. The average Bonchev–Trinajstić information content (AvgIpc) is 3.01. The molecule has 0 spiro atoms. The third-order valence-electron chi connectivity index (χ3n) is 4.81. The Hall–Kier alpha value is -2.05. The Morgan fingerprint density at radius 2 is 1.81 bits per heavy atom. The molecule has 3 aromatic rings. The van der Waals surface area contributed by atoms with E-state index in [4.69, 9.17) is 4.98 Å². The van der Waals surface area contributed by atoms with Crippen molar-refractivity contribution in [2.24, 2.45) is 0 Å². The molecule has 4 rings (SSSR count). The topological polar surface area (TPSA) is 50.5 Å². The van der Waals surface area contributed by atoms with E-state index in [1.165, 1.54) is 6.42 Å². The summed E-state index contributed by atoms with van der Waals surface area (Å²) < 4.78 is 2.71. The SMILES string of the molecule is Cc1ccc2nc(-c3ccc(Br)cc3)c(C(=O)CN3CCCCC3)n2n1. The van der Waals surface area contributed by atoms with E-state index in [2.05, 4.69) is 25.9 Å². The average molecular weight is 413 g/mol. The zero-order chi connectivity index (χ0) is 18.1. The number of halogens is 1. The fourth-order valence-corrected chi connectivity index (χ4v) is 3.74. The van der Waals surface area contributed by atoms with Crippen molar-refractivity contribution >= 4 is 27.4 Å². The molecule has 1 saturated heterocycles. The number of hydrogen-bond donors (Lipinski definition) is 0. The quantitative estimate of drug-likeness (QED) is 0.604. The van der Waals surface area contributed by atoms with Gasteiger partial charge in [-0.2, -0.15) is 5.10 Å². The third kappa shape index (κ3) is 3.44. The number of ketones is 1. The van der Waals surface area contributed by atoms with Crippen molar-refractivity contribution in [1.82, 2.24) is 19.5 Å². The van der Waals surface area contributed by atoms with Crippen LogP contribution < -0.4 is 0 Å². The van der Waals surface area contributed by atoms with Crippen LogP contribution in [0.4, 0.5) is 0 Å². The molecule has 0 saturated carbocycles. The van der Waals surface area contributed by atoms with Crippen molar-refractivity contribution in [3.05, 3.63) is 52.3 Å². The summed E-state index contributed by atoms with van der Waals surface area (Å²) in [5.74, 6) is 0.0791. The van der Waals surface area contributed by atoms with Crippen LogP contribution in [0.3, 0.4) is 0 Å². The number of carbonyl (C=O) groups excluding carboxylic acids is 1. The van der Waals surface area contributed by atoms with Gasteiger partial charge in [-0.15, -0.1) is 0 Å². The normalized spacial score (nSPS) is 15.5. The Labute approximate surface area is 161 Å². The highest BCUT2D eigenvalue weighted by molar-refractivity contribution is 9.10. The largest absolute Gasteiger partial charge is 0.296 e. The fourth-order valence-electron chi connectivity index (χ4n) is 3.48. The lowest BCUT2D eigenvalue weighted by Gasteiger charge is -2.25. The molecule has 1 aliphatic heterocycles. The number of Topliss-reactive ketones (excluding diaryl/α,β-unsaturated/α-hetero) is 1. The molecule has 0 atom stereocenters. The van der Waals surface area contributed by atoms with Crippen LogP contribution >= 0.6 is 15.9 Å². The van der Waals surface area contributed by atoms with Crippen molar-refractivity contribution in [2.75, 3.05) is 19.6 Å². The molecule has 3 heterocycles. The van der Waals surface area contributed by atoms with Crippen molar-refractivity contribution < 1.29 is 4.79 Å². The first-order chi connectivity index (χ1) is 12.6. The number of piperidine rings is 1. The van der Waals surface area contributed by atoms with Crippen molar-refractivity contribution in [3.63, 3.8) is 0 Å². The second-order valence-electron chi connectivity index (χ2n) is 6.82. The van der Waals surface area contributed by atoms with Gasteiger partial charge >= 0.3 is 0 Å². The predicted octanol–water partition coefficient (Wildman–Crippen LogP) is 4.14. The first-order valence-corrected chi connectivity index (χ1v) is 9.79. The maximum Gasteiger partial charge on any atom is 0.197 e. The third-order valence-corrected chi connectivity index (χ3v) is 5.34. The van der Waals surface area contributed by atoms with Gasteiger partial charge in [0.05, 0.1) is 12.2 Å². The molecule has 6 heteroatoms. The Bertz CT molecular complexity index is 942. The lowest BCUT2D eigenvalue weighted by Crippen LogP contribution is -2.35. The van der Waals surface area contributed by atoms with E-state index in [9.17, 15) is 4.79 Å².